The van der Waals surface area contributed by atoms with Gasteiger partial charge in [0.2, 0.25) is 6.29 Å². The smallest absolute Gasteiger partial charge is 0.260 e. The van der Waals surface area contributed by atoms with Crippen LogP contribution in [0.4, 0.5) is 0 Å². The zero-order valence-electron chi connectivity index (χ0n) is 8.65. The molecule has 1 aromatic heterocycles. The first-order valence-electron chi connectivity index (χ1n) is 4.71. The number of aromatic nitrogens is 1. The molecule has 0 fully saturated rings. The van der Waals surface area contributed by atoms with Crippen molar-refractivity contribution >= 4 is 6.29 Å². The molecular formula is C12H11NO2. The number of aldehydes is 1. The highest BCUT2D eigenvalue weighted by molar-refractivity contribution is 5.71. The van der Waals surface area contributed by atoms with Gasteiger partial charge in [-0.15, -0.1) is 0 Å². The molecule has 0 bridgehead atoms. The maximum absolute atomic E-state index is 10.5. The molecule has 0 saturated carbocycles. The van der Waals surface area contributed by atoms with Crippen LogP contribution in [-0.2, 0) is 0 Å². The molecule has 0 aliphatic rings. The summed E-state index contributed by atoms with van der Waals surface area (Å²) in [6.45, 7) is 3.83. The fraction of sp³-hybridized carbons (Fsp3) is 0.167. The molecule has 2 rings (SSSR count). The third-order valence-electron chi connectivity index (χ3n) is 2.30. The van der Waals surface area contributed by atoms with Crippen LogP contribution in [0.5, 0.6) is 0 Å². The first kappa shape index (κ1) is 9.65. The average Bonchev–Trinajstić information content (AvgIpc) is 2.60. The van der Waals surface area contributed by atoms with Crippen molar-refractivity contribution in [2.75, 3.05) is 0 Å². The van der Waals surface area contributed by atoms with Crippen LogP contribution >= 0.6 is 0 Å². The lowest BCUT2D eigenvalue weighted by atomic mass is 10.1. The summed E-state index contributed by atoms with van der Waals surface area (Å²) in [7, 11) is 0. The molecule has 15 heavy (non-hydrogen) atoms. The van der Waals surface area contributed by atoms with Gasteiger partial charge < -0.3 is 4.42 Å². The second-order valence-corrected chi connectivity index (χ2v) is 3.40. The third kappa shape index (κ3) is 1.68. The monoisotopic (exact) mass is 201 g/mol. The van der Waals surface area contributed by atoms with Crippen molar-refractivity contribution in [3.05, 3.63) is 41.4 Å². The summed E-state index contributed by atoms with van der Waals surface area (Å²) in [4.78, 5) is 14.5. The minimum atomic E-state index is 0.130. The number of oxazole rings is 1. The van der Waals surface area contributed by atoms with E-state index in [2.05, 4.69) is 4.98 Å². The first-order valence-corrected chi connectivity index (χ1v) is 4.71. The van der Waals surface area contributed by atoms with Crippen LogP contribution in [0.2, 0.25) is 0 Å². The molecule has 0 radical (unpaired) electrons. The van der Waals surface area contributed by atoms with E-state index < -0.39 is 0 Å². The predicted molar refractivity (Wildman–Crippen MR) is 56.8 cm³/mol. The normalized spacial score (nSPS) is 10.3. The van der Waals surface area contributed by atoms with Crippen molar-refractivity contribution in [2.45, 2.75) is 13.8 Å². The van der Waals surface area contributed by atoms with E-state index in [0.717, 1.165) is 16.8 Å². The summed E-state index contributed by atoms with van der Waals surface area (Å²) in [6, 6.07) is 7.85. The highest BCUT2D eigenvalue weighted by Gasteiger charge is 2.12. The van der Waals surface area contributed by atoms with Gasteiger partial charge in [-0.3, -0.25) is 4.79 Å². The topological polar surface area (TPSA) is 43.1 Å². The summed E-state index contributed by atoms with van der Waals surface area (Å²) < 4.78 is 5.35. The van der Waals surface area contributed by atoms with E-state index in [1.54, 1.807) is 0 Å². The molecule has 0 spiro atoms. The van der Waals surface area contributed by atoms with Crippen LogP contribution in [0.3, 0.4) is 0 Å². The molecule has 3 nitrogen and oxygen atoms in total. The molecule has 3 heteroatoms. The Morgan fingerprint density at radius 1 is 1.27 bits per heavy atom. The molecule has 2 aromatic rings. The van der Waals surface area contributed by atoms with Crippen LogP contribution in [0.1, 0.15) is 21.9 Å². The number of hydrogen-bond acceptors (Lipinski definition) is 3. The van der Waals surface area contributed by atoms with E-state index in [1.165, 1.54) is 0 Å². The number of carbonyl (C=O) groups is 1. The summed E-state index contributed by atoms with van der Waals surface area (Å²) in [5, 5.41) is 0. The molecular weight excluding hydrogens is 190 g/mol. The Kier molecular flexibility index (Phi) is 2.37. The van der Waals surface area contributed by atoms with E-state index in [1.807, 2.05) is 38.1 Å². The number of aryl methyl sites for hydroxylation is 2. The fourth-order valence-electron chi connectivity index (χ4n) is 1.55. The molecule has 0 aliphatic carbocycles. The molecule has 76 valence electrons. The lowest BCUT2D eigenvalue weighted by Crippen LogP contribution is -1.82. The van der Waals surface area contributed by atoms with E-state index >= 15 is 0 Å². The van der Waals surface area contributed by atoms with Crippen LogP contribution in [0.15, 0.2) is 28.7 Å². The van der Waals surface area contributed by atoms with Gasteiger partial charge in [-0.05, 0) is 19.4 Å². The predicted octanol–water partition coefficient (Wildman–Crippen LogP) is 2.77. The molecule has 0 aliphatic heterocycles. The van der Waals surface area contributed by atoms with Gasteiger partial charge in [0.05, 0.1) is 5.69 Å². The van der Waals surface area contributed by atoms with Gasteiger partial charge in [0.25, 0.3) is 5.89 Å². The second-order valence-electron chi connectivity index (χ2n) is 3.40. The van der Waals surface area contributed by atoms with Gasteiger partial charge in [0, 0.05) is 5.56 Å². The summed E-state index contributed by atoms with van der Waals surface area (Å²) in [5.74, 6) is 0.806. The van der Waals surface area contributed by atoms with Crippen molar-refractivity contribution in [1.82, 2.24) is 4.98 Å². The molecule has 0 atom stereocenters. The zero-order chi connectivity index (χ0) is 10.8. The average molecular weight is 201 g/mol. The quantitative estimate of drug-likeness (QED) is 0.701. The van der Waals surface area contributed by atoms with Crippen LogP contribution < -0.4 is 0 Å². The van der Waals surface area contributed by atoms with Crippen LogP contribution in [0.25, 0.3) is 11.3 Å². The van der Waals surface area contributed by atoms with Crippen molar-refractivity contribution in [3.63, 3.8) is 0 Å². The highest BCUT2D eigenvalue weighted by Crippen LogP contribution is 2.26. The summed E-state index contributed by atoms with van der Waals surface area (Å²) >= 11 is 0. The fourth-order valence-corrected chi connectivity index (χ4v) is 1.55. The van der Waals surface area contributed by atoms with Gasteiger partial charge in [-0.2, -0.15) is 0 Å². The maximum Gasteiger partial charge on any atom is 0.260 e. The summed E-state index contributed by atoms with van der Waals surface area (Å²) in [5.41, 5.74) is 2.83. The largest absolute Gasteiger partial charge is 0.434 e. The lowest BCUT2D eigenvalue weighted by Gasteiger charge is -2.01. The van der Waals surface area contributed by atoms with Crippen molar-refractivity contribution < 1.29 is 9.21 Å². The number of nitrogens with zero attached hydrogens (tertiary/aromatic N) is 1. The van der Waals surface area contributed by atoms with Crippen molar-refractivity contribution in [1.29, 1.82) is 0 Å². The van der Waals surface area contributed by atoms with E-state index in [4.69, 9.17) is 4.42 Å². The lowest BCUT2D eigenvalue weighted by molar-refractivity contribution is 0.109. The minimum Gasteiger partial charge on any atom is -0.434 e. The molecule has 1 aromatic carbocycles. The number of hydrogen-bond donors (Lipinski definition) is 0. The number of benzene rings is 1. The zero-order valence-corrected chi connectivity index (χ0v) is 8.65. The Labute approximate surface area is 87.8 Å². The SMILES string of the molecule is Cc1ccccc1-c1oc(C=O)nc1C. The van der Waals surface area contributed by atoms with E-state index in [-0.39, 0.29) is 5.89 Å². The Morgan fingerprint density at radius 3 is 2.60 bits per heavy atom. The third-order valence-corrected chi connectivity index (χ3v) is 2.30. The first-order chi connectivity index (χ1) is 7.22. The Bertz CT molecular complexity index is 500. The van der Waals surface area contributed by atoms with Crippen molar-refractivity contribution in [3.8, 4) is 11.3 Å². The minimum absolute atomic E-state index is 0.130. The van der Waals surface area contributed by atoms with Gasteiger partial charge >= 0.3 is 0 Å². The van der Waals surface area contributed by atoms with Gasteiger partial charge in [-0.25, -0.2) is 4.98 Å². The van der Waals surface area contributed by atoms with Crippen LogP contribution in [-0.4, -0.2) is 11.3 Å². The van der Waals surface area contributed by atoms with Gasteiger partial charge in [0.15, 0.2) is 5.76 Å². The van der Waals surface area contributed by atoms with Crippen molar-refractivity contribution in [2.24, 2.45) is 0 Å². The molecule has 1 heterocycles. The maximum atomic E-state index is 10.5. The number of rotatable bonds is 2. The van der Waals surface area contributed by atoms with Gasteiger partial charge in [-0.1, -0.05) is 24.3 Å². The molecule has 0 N–H and O–H groups in total. The standard InChI is InChI=1S/C12H11NO2/c1-8-5-3-4-6-10(8)12-9(2)13-11(7-14)15-12/h3-7H,1-2H3. The molecule has 0 unspecified atom stereocenters. The number of carbonyl (C=O) groups excluding carboxylic acids is 1. The van der Waals surface area contributed by atoms with Crippen LogP contribution in [0, 0.1) is 13.8 Å². The molecule has 0 saturated heterocycles. The Morgan fingerprint density at radius 2 is 2.00 bits per heavy atom. The molecule has 0 amide bonds. The Balaban J connectivity index is 2.58. The Hall–Kier alpha value is -1.90. The second kappa shape index (κ2) is 3.69. The summed E-state index contributed by atoms with van der Waals surface area (Å²) in [6.07, 6.45) is 0.620. The van der Waals surface area contributed by atoms with Gasteiger partial charge in [0.1, 0.15) is 0 Å². The highest BCUT2D eigenvalue weighted by atomic mass is 16.4. The van der Waals surface area contributed by atoms with E-state index in [9.17, 15) is 4.79 Å². The van der Waals surface area contributed by atoms with E-state index in [0.29, 0.717) is 12.0 Å².